The van der Waals surface area contributed by atoms with Gasteiger partial charge in [0.15, 0.2) is 5.82 Å². The van der Waals surface area contributed by atoms with Crippen molar-refractivity contribution in [1.29, 1.82) is 0 Å². The van der Waals surface area contributed by atoms with Gasteiger partial charge in [-0.15, -0.1) is 0 Å². The average molecular weight is 293 g/mol. The second-order valence-corrected chi connectivity index (χ2v) is 5.99. The SMILES string of the molecule is CN1CCC(c2cn(-c3ccccc3)c3c(N)ncnc23)C1. The number of anilines is 1. The van der Waals surface area contributed by atoms with E-state index in [0.717, 1.165) is 36.2 Å². The maximum Gasteiger partial charge on any atom is 0.151 e. The first-order valence-electron chi connectivity index (χ1n) is 7.59. The Balaban J connectivity index is 1.94. The molecule has 2 N–H and O–H groups in total. The van der Waals surface area contributed by atoms with Crippen molar-refractivity contribution in [2.75, 3.05) is 25.9 Å². The number of nitrogens with zero attached hydrogens (tertiary/aromatic N) is 4. The topological polar surface area (TPSA) is 60.0 Å². The van der Waals surface area contributed by atoms with Crippen LogP contribution >= 0.6 is 0 Å². The van der Waals surface area contributed by atoms with Gasteiger partial charge in [0.1, 0.15) is 11.8 Å². The molecule has 0 radical (unpaired) electrons. The number of para-hydroxylation sites is 1. The number of aromatic nitrogens is 3. The fraction of sp³-hybridized carbons (Fsp3) is 0.294. The third-order valence-corrected chi connectivity index (χ3v) is 4.50. The minimum absolute atomic E-state index is 0.506. The lowest BCUT2D eigenvalue weighted by Crippen LogP contribution is -2.13. The molecule has 0 amide bonds. The Morgan fingerprint density at radius 3 is 2.73 bits per heavy atom. The van der Waals surface area contributed by atoms with Crippen molar-refractivity contribution >= 4 is 16.9 Å². The molecule has 0 spiro atoms. The van der Waals surface area contributed by atoms with Crippen molar-refractivity contribution in [3.05, 3.63) is 48.4 Å². The molecule has 0 saturated carbocycles. The lowest BCUT2D eigenvalue weighted by molar-refractivity contribution is 0.412. The van der Waals surface area contributed by atoms with E-state index in [4.69, 9.17) is 5.73 Å². The molecule has 1 aliphatic heterocycles. The number of nitrogen functional groups attached to an aromatic ring is 1. The predicted octanol–water partition coefficient (Wildman–Crippen LogP) is 2.42. The van der Waals surface area contributed by atoms with Crippen LogP contribution in [0.3, 0.4) is 0 Å². The Kier molecular flexibility index (Phi) is 3.08. The van der Waals surface area contributed by atoms with Gasteiger partial charge in [-0.2, -0.15) is 0 Å². The van der Waals surface area contributed by atoms with Gasteiger partial charge in [-0.25, -0.2) is 9.97 Å². The Labute approximate surface area is 129 Å². The van der Waals surface area contributed by atoms with E-state index in [1.54, 1.807) is 6.33 Å². The molecule has 1 fully saturated rings. The van der Waals surface area contributed by atoms with E-state index in [0.29, 0.717) is 11.7 Å². The van der Waals surface area contributed by atoms with Gasteiger partial charge in [0, 0.05) is 29.9 Å². The van der Waals surface area contributed by atoms with E-state index >= 15 is 0 Å². The van der Waals surface area contributed by atoms with Crippen molar-refractivity contribution < 1.29 is 0 Å². The Hall–Kier alpha value is -2.40. The van der Waals surface area contributed by atoms with Gasteiger partial charge in [-0.1, -0.05) is 18.2 Å². The van der Waals surface area contributed by atoms with Crippen molar-refractivity contribution in [3.63, 3.8) is 0 Å². The molecule has 1 atom stereocenters. The van der Waals surface area contributed by atoms with Gasteiger partial charge in [0.05, 0.1) is 5.52 Å². The van der Waals surface area contributed by atoms with Crippen LogP contribution in [-0.4, -0.2) is 39.6 Å². The third kappa shape index (κ3) is 2.05. The summed E-state index contributed by atoms with van der Waals surface area (Å²) in [4.78, 5) is 11.1. The highest BCUT2D eigenvalue weighted by molar-refractivity contribution is 5.90. The molecule has 1 aromatic carbocycles. The fourth-order valence-corrected chi connectivity index (χ4v) is 3.39. The minimum atomic E-state index is 0.506. The number of hydrogen-bond donors (Lipinski definition) is 1. The number of likely N-dealkylation sites (N-methyl/N-ethyl adjacent to an activating group) is 1. The summed E-state index contributed by atoms with van der Waals surface area (Å²) in [5.41, 5.74) is 10.4. The highest BCUT2D eigenvalue weighted by Crippen LogP contribution is 2.35. The van der Waals surface area contributed by atoms with Crippen LogP contribution in [-0.2, 0) is 0 Å². The van der Waals surface area contributed by atoms with E-state index < -0.39 is 0 Å². The first-order chi connectivity index (χ1) is 10.7. The highest BCUT2D eigenvalue weighted by Gasteiger charge is 2.26. The molecular formula is C17H19N5. The number of fused-ring (bicyclic) bond motifs is 1. The quantitative estimate of drug-likeness (QED) is 0.788. The second-order valence-electron chi connectivity index (χ2n) is 5.99. The molecular weight excluding hydrogens is 274 g/mol. The Bertz CT molecular complexity index is 809. The standard InChI is InChI=1S/C17H19N5/c1-21-8-7-12(9-21)14-10-22(13-5-3-2-4-6-13)16-15(14)19-11-20-17(16)18/h2-6,10-12H,7-9H2,1H3,(H2,18,19,20). The first kappa shape index (κ1) is 13.3. The molecule has 22 heavy (non-hydrogen) atoms. The summed E-state index contributed by atoms with van der Waals surface area (Å²) >= 11 is 0. The first-order valence-corrected chi connectivity index (χ1v) is 7.59. The van der Waals surface area contributed by atoms with Gasteiger partial charge < -0.3 is 15.2 Å². The number of hydrogen-bond acceptors (Lipinski definition) is 4. The number of rotatable bonds is 2. The number of nitrogens with two attached hydrogens (primary N) is 1. The van der Waals surface area contributed by atoms with E-state index in [1.165, 1.54) is 5.56 Å². The van der Waals surface area contributed by atoms with Crippen molar-refractivity contribution in [1.82, 2.24) is 19.4 Å². The molecule has 112 valence electrons. The Morgan fingerprint density at radius 2 is 2.00 bits per heavy atom. The van der Waals surface area contributed by atoms with E-state index in [-0.39, 0.29) is 0 Å². The summed E-state index contributed by atoms with van der Waals surface area (Å²) in [6.07, 6.45) is 4.92. The lowest BCUT2D eigenvalue weighted by Gasteiger charge is -2.08. The largest absolute Gasteiger partial charge is 0.382 e. The van der Waals surface area contributed by atoms with Crippen LogP contribution in [0.5, 0.6) is 0 Å². The molecule has 0 bridgehead atoms. The van der Waals surface area contributed by atoms with Crippen LogP contribution in [0.1, 0.15) is 17.9 Å². The molecule has 1 unspecified atom stereocenters. The Morgan fingerprint density at radius 1 is 1.18 bits per heavy atom. The molecule has 5 nitrogen and oxygen atoms in total. The average Bonchev–Trinajstić information content (AvgIpc) is 3.13. The van der Waals surface area contributed by atoms with Gasteiger partial charge in [0.2, 0.25) is 0 Å². The van der Waals surface area contributed by atoms with Crippen molar-refractivity contribution in [2.24, 2.45) is 0 Å². The zero-order valence-electron chi connectivity index (χ0n) is 12.6. The van der Waals surface area contributed by atoms with Crippen LogP contribution in [0.4, 0.5) is 5.82 Å². The summed E-state index contributed by atoms with van der Waals surface area (Å²) in [7, 11) is 2.17. The normalized spacial score (nSPS) is 19.0. The van der Waals surface area contributed by atoms with Crippen LogP contribution in [0.15, 0.2) is 42.9 Å². The molecule has 1 aliphatic rings. The molecule has 3 heterocycles. The summed E-state index contributed by atoms with van der Waals surface area (Å²) < 4.78 is 2.12. The van der Waals surface area contributed by atoms with Gasteiger partial charge in [-0.3, -0.25) is 0 Å². The fourth-order valence-electron chi connectivity index (χ4n) is 3.39. The van der Waals surface area contributed by atoms with E-state index in [9.17, 15) is 0 Å². The van der Waals surface area contributed by atoms with Crippen molar-refractivity contribution in [2.45, 2.75) is 12.3 Å². The summed E-state index contributed by atoms with van der Waals surface area (Å²) in [5.74, 6) is 1.04. The summed E-state index contributed by atoms with van der Waals surface area (Å²) in [5, 5.41) is 0. The highest BCUT2D eigenvalue weighted by atomic mass is 15.1. The molecule has 4 rings (SSSR count). The lowest BCUT2D eigenvalue weighted by atomic mass is 10.0. The van der Waals surface area contributed by atoms with Gasteiger partial charge >= 0.3 is 0 Å². The molecule has 0 aliphatic carbocycles. The maximum atomic E-state index is 6.15. The number of benzene rings is 1. The molecule has 5 heteroatoms. The molecule has 3 aromatic rings. The molecule has 2 aromatic heterocycles. The summed E-state index contributed by atoms with van der Waals surface area (Å²) in [6.45, 7) is 2.20. The van der Waals surface area contributed by atoms with Crippen molar-refractivity contribution in [3.8, 4) is 5.69 Å². The third-order valence-electron chi connectivity index (χ3n) is 4.50. The monoisotopic (exact) mass is 293 g/mol. The van der Waals surface area contributed by atoms with Gasteiger partial charge in [0.25, 0.3) is 0 Å². The zero-order valence-corrected chi connectivity index (χ0v) is 12.6. The van der Waals surface area contributed by atoms with Crippen LogP contribution in [0.25, 0.3) is 16.7 Å². The molecule has 1 saturated heterocycles. The van der Waals surface area contributed by atoms with Crippen LogP contribution in [0.2, 0.25) is 0 Å². The second kappa shape index (κ2) is 5.10. The number of likely N-dealkylation sites (tertiary alicyclic amines) is 1. The smallest absolute Gasteiger partial charge is 0.151 e. The zero-order chi connectivity index (χ0) is 15.1. The summed E-state index contributed by atoms with van der Waals surface area (Å²) in [6, 6.07) is 10.2. The van der Waals surface area contributed by atoms with Crippen LogP contribution in [0, 0.1) is 0 Å². The van der Waals surface area contributed by atoms with Crippen LogP contribution < -0.4 is 5.73 Å². The van der Waals surface area contributed by atoms with E-state index in [2.05, 4.69) is 44.8 Å². The predicted molar refractivity (Wildman–Crippen MR) is 88.1 cm³/mol. The van der Waals surface area contributed by atoms with E-state index in [1.807, 2.05) is 18.2 Å². The minimum Gasteiger partial charge on any atom is -0.382 e. The maximum absolute atomic E-state index is 6.15. The van der Waals surface area contributed by atoms with Gasteiger partial charge in [-0.05, 0) is 32.1 Å².